The van der Waals surface area contributed by atoms with E-state index in [2.05, 4.69) is 26.1 Å². The van der Waals surface area contributed by atoms with Crippen molar-refractivity contribution >= 4 is 5.97 Å². The van der Waals surface area contributed by atoms with Gasteiger partial charge in [0.25, 0.3) is 0 Å². The van der Waals surface area contributed by atoms with E-state index in [1.165, 1.54) is 26.4 Å². The Labute approximate surface area is 111 Å². The van der Waals surface area contributed by atoms with Gasteiger partial charge in [-0.2, -0.15) is 0 Å². The van der Waals surface area contributed by atoms with E-state index in [0.717, 1.165) is 25.3 Å². The lowest BCUT2D eigenvalue weighted by Gasteiger charge is -2.46. The molecule has 0 radical (unpaired) electrons. The van der Waals surface area contributed by atoms with E-state index in [9.17, 15) is 4.79 Å². The molecule has 2 atom stereocenters. The van der Waals surface area contributed by atoms with Gasteiger partial charge in [-0.1, -0.05) is 20.8 Å². The maximum absolute atomic E-state index is 12.3. The zero-order valence-corrected chi connectivity index (χ0v) is 12.2. The maximum atomic E-state index is 12.3. The molecule has 0 spiro atoms. The van der Waals surface area contributed by atoms with E-state index in [4.69, 9.17) is 4.74 Å². The summed E-state index contributed by atoms with van der Waals surface area (Å²) in [6, 6.07) is 0. The number of methoxy groups -OCH3 is 1. The number of ether oxygens (including phenoxy) is 1. The average molecular weight is 253 g/mol. The summed E-state index contributed by atoms with van der Waals surface area (Å²) in [5.41, 5.74) is -0.235. The number of esters is 1. The quantitative estimate of drug-likeness (QED) is 0.783. The molecule has 0 heterocycles. The molecule has 2 aliphatic rings. The van der Waals surface area contributed by atoms with Crippen molar-refractivity contribution in [1.29, 1.82) is 0 Å². The molecule has 3 nitrogen and oxygen atoms in total. The molecule has 2 fully saturated rings. The van der Waals surface area contributed by atoms with Gasteiger partial charge in [0.15, 0.2) is 0 Å². The van der Waals surface area contributed by atoms with Gasteiger partial charge in [-0.05, 0) is 55.9 Å². The highest BCUT2D eigenvalue weighted by molar-refractivity contribution is 5.81. The zero-order valence-electron chi connectivity index (χ0n) is 12.2. The molecule has 0 amide bonds. The molecule has 0 aromatic heterocycles. The summed E-state index contributed by atoms with van der Waals surface area (Å²) in [7, 11) is 1.51. The average Bonchev–Trinajstić information content (AvgIpc) is 3.06. The van der Waals surface area contributed by atoms with Crippen LogP contribution in [0.1, 0.15) is 52.9 Å². The van der Waals surface area contributed by atoms with Crippen molar-refractivity contribution in [2.45, 2.75) is 58.4 Å². The Morgan fingerprint density at radius 3 is 2.50 bits per heavy atom. The number of hydrogen-bond donors (Lipinski definition) is 1. The summed E-state index contributed by atoms with van der Waals surface area (Å²) in [5.74, 6) is 1.29. The number of carbonyl (C=O) groups excluding carboxylic acids is 1. The minimum atomic E-state index is -0.446. The smallest absolute Gasteiger partial charge is 0.326 e. The standard InChI is InChI=1S/C15H27NO2/c1-11-7-14(2,3)10-15(8-11,13(17)18-4)16-9-12-5-6-12/h11-12,16H,5-10H2,1-4H3. The number of rotatable bonds is 4. The number of carbonyl (C=O) groups is 1. The highest BCUT2D eigenvalue weighted by Crippen LogP contribution is 2.44. The predicted octanol–water partition coefficient (Wildman–Crippen LogP) is 2.74. The van der Waals surface area contributed by atoms with Gasteiger partial charge >= 0.3 is 5.97 Å². The summed E-state index contributed by atoms with van der Waals surface area (Å²) in [5, 5.41) is 3.56. The predicted molar refractivity (Wildman–Crippen MR) is 72.3 cm³/mol. The lowest BCUT2D eigenvalue weighted by molar-refractivity contribution is -0.153. The summed E-state index contributed by atoms with van der Waals surface area (Å²) >= 11 is 0. The Bertz CT molecular complexity index is 322. The molecule has 0 aliphatic heterocycles. The lowest BCUT2D eigenvalue weighted by atomic mass is 9.64. The SMILES string of the molecule is COC(=O)C1(NCC2CC2)CC(C)CC(C)(C)C1. The lowest BCUT2D eigenvalue weighted by Crippen LogP contribution is -2.58. The molecular formula is C15H27NO2. The van der Waals surface area contributed by atoms with Crippen LogP contribution >= 0.6 is 0 Å². The van der Waals surface area contributed by atoms with E-state index in [1.54, 1.807) is 0 Å². The summed E-state index contributed by atoms with van der Waals surface area (Å²) in [6.45, 7) is 7.74. The molecule has 2 unspecified atom stereocenters. The van der Waals surface area contributed by atoms with Crippen molar-refractivity contribution in [1.82, 2.24) is 5.32 Å². The van der Waals surface area contributed by atoms with E-state index in [-0.39, 0.29) is 11.4 Å². The Morgan fingerprint density at radius 1 is 1.33 bits per heavy atom. The van der Waals surface area contributed by atoms with Crippen molar-refractivity contribution in [3.63, 3.8) is 0 Å². The Morgan fingerprint density at radius 2 is 2.00 bits per heavy atom. The third-order valence-electron chi connectivity index (χ3n) is 4.38. The van der Waals surface area contributed by atoms with Gasteiger partial charge in [0, 0.05) is 0 Å². The third kappa shape index (κ3) is 3.05. The van der Waals surface area contributed by atoms with Gasteiger partial charge in [-0.15, -0.1) is 0 Å². The largest absolute Gasteiger partial charge is 0.468 e. The van der Waals surface area contributed by atoms with E-state index >= 15 is 0 Å². The van der Waals surface area contributed by atoms with Crippen LogP contribution in [0.2, 0.25) is 0 Å². The van der Waals surface area contributed by atoms with Crippen LogP contribution in [0.4, 0.5) is 0 Å². The molecular weight excluding hydrogens is 226 g/mol. The Balaban J connectivity index is 2.13. The molecule has 3 heteroatoms. The first-order valence-electron chi connectivity index (χ1n) is 7.20. The van der Waals surface area contributed by atoms with Crippen LogP contribution in [0.15, 0.2) is 0 Å². The van der Waals surface area contributed by atoms with Crippen LogP contribution in [0, 0.1) is 17.3 Å². The first kappa shape index (κ1) is 13.9. The second kappa shape index (κ2) is 4.84. The Hall–Kier alpha value is -0.570. The first-order valence-corrected chi connectivity index (χ1v) is 7.20. The fraction of sp³-hybridized carbons (Fsp3) is 0.933. The van der Waals surface area contributed by atoms with Crippen LogP contribution < -0.4 is 5.32 Å². The summed E-state index contributed by atoms with van der Waals surface area (Å²) in [6.07, 6.45) is 5.61. The molecule has 18 heavy (non-hydrogen) atoms. The second-order valence-electron chi connectivity index (χ2n) is 7.25. The second-order valence-corrected chi connectivity index (χ2v) is 7.25. The Kier molecular flexibility index (Phi) is 3.72. The zero-order chi connectivity index (χ0) is 13.4. The van der Waals surface area contributed by atoms with Crippen LogP contribution in [-0.2, 0) is 9.53 Å². The molecule has 0 aromatic carbocycles. The molecule has 0 aromatic rings. The van der Waals surface area contributed by atoms with Crippen molar-refractivity contribution in [3.8, 4) is 0 Å². The molecule has 2 rings (SSSR count). The van der Waals surface area contributed by atoms with Crippen molar-refractivity contribution in [2.24, 2.45) is 17.3 Å². The van der Waals surface area contributed by atoms with Crippen LogP contribution in [0.3, 0.4) is 0 Å². The molecule has 2 aliphatic carbocycles. The van der Waals surface area contributed by atoms with Crippen LogP contribution in [-0.4, -0.2) is 25.2 Å². The van der Waals surface area contributed by atoms with E-state index in [0.29, 0.717) is 5.92 Å². The monoisotopic (exact) mass is 253 g/mol. The minimum absolute atomic E-state index is 0.0669. The number of hydrogen-bond acceptors (Lipinski definition) is 3. The molecule has 2 saturated carbocycles. The molecule has 0 saturated heterocycles. The summed E-state index contributed by atoms with van der Waals surface area (Å²) < 4.78 is 5.09. The molecule has 1 N–H and O–H groups in total. The maximum Gasteiger partial charge on any atom is 0.326 e. The fourth-order valence-electron chi connectivity index (χ4n) is 3.79. The van der Waals surface area contributed by atoms with E-state index < -0.39 is 5.54 Å². The third-order valence-corrected chi connectivity index (χ3v) is 4.38. The highest BCUT2D eigenvalue weighted by atomic mass is 16.5. The topological polar surface area (TPSA) is 38.3 Å². The van der Waals surface area contributed by atoms with E-state index in [1.807, 2.05) is 0 Å². The van der Waals surface area contributed by atoms with Gasteiger partial charge in [0.1, 0.15) is 5.54 Å². The highest BCUT2D eigenvalue weighted by Gasteiger charge is 2.49. The van der Waals surface area contributed by atoms with Gasteiger partial charge in [0.2, 0.25) is 0 Å². The van der Waals surface area contributed by atoms with Gasteiger partial charge in [-0.25, -0.2) is 0 Å². The molecule has 104 valence electrons. The van der Waals surface area contributed by atoms with Gasteiger partial charge < -0.3 is 10.1 Å². The normalized spacial score (nSPS) is 35.2. The fourth-order valence-corrected chi connectivity index (χ4v) is 3.79. The van der Waals surface area contributed by atoms with Crippen LogP contribution in [0.25, 0.3) is 0 Å². The van der Waals surface area contributed by atoms with Crippen molar-refractivity contribution < 1.29 is 9.53 Å². The van der Waals surface area contributed by atoms with Crippen molar-refractivity contribution in [3.05, 3.63) is 0 Å². The molecule has 0 bridgehead atoms. The van der Waals surface area contributed by atoms with Gasteiger partial charge in [0.05, 0.1) is 7.11 Å². The number of nitrogens with one attached hydrogen (secondary N) is 1. The van der Waals surface area contributed by atoms with Gasteiger partial charge in [-0.3, -0.25) is 4.79 Å². The summed E-state index contributed by atoms with van der Waals surface area (Å²) in [4.78, 5) is 12.3. The van der Waals surface area contributed by atoms with Crippen molar-refractivity contribution in [2.75, 3.05) is 13.7 Å². The minimum Gasteiger partial charge on any atom is -0.468 e. The first-order chi connectivity index (χ1) is 8.37. The van der Waals surface area contributed by atoms with Crippen LogP contribution in [0.5, 0.6) is 0 Å².